The van der Waals surface area contributed by atoms with Crippen LogP contribution in [0.5, 0.6) is 0 Å². The van der Waals surface area contributed by atoms with Crippen LogP contribution in [0.3, 0.4) is 0 Å². The van der Waals surface area contributed by atoms with Gasteiger partial charge in [0, 0.05) is 19.1 Å². The summed E-state index contributed by atoms with van der Waals surface area (Å²) in [5.74, 6) is -0.537. The molecule has 0 spiro atoms. The Balaban J connectivity index is 1.18. The molecule has 1 fully saturated rings. The summed E-state index contributed by atoms with van der Waals surface area (Å²) in [4.78, 5) is 17.4. The van der Waals surface area contributed by atoms with Crippen molar-refractivity contribution in [3.8, 4) is 0 Å². The van der Waals surface area contributed by atoms with Crippen molar-refractivity contribution in [2.75, 3.05) is 37.7 Å². The average Bonchev–Trinajstić information content (AvgIpc) is 3.11. The van der Waals surface area contributed by atoms with E-state index in [-0.39, 0.29) is 29.3 Å². The molecule has 2 aliphatic rings. The molecule has 7 heteroatoms. The second-order valence-corrected chi connectivity index (χ2v) is 10.4. The van der Waals surface area contributed by atoms with Gasteiger partial charge in [-0.3, -0.25) is 9.69 Å². The molecule has 1 saturated heterocycles. The van der Waals surface area contributed by atoms with E-state index in [1.54, 1.807) is 35.2 Å². The smallest absolute Gasteiger partial charge is 0.241 e. The average molecular weight is 523 g/mol. The fourth-order valence-corrected chi connectivity index (χ4v) is 5.59. The van der Waals surface area contributed by atoms with Crippen molar-refractivity contribution in [1.82, 2.24) is 4.90 Å². The van der Waals surface area contributed by atoms with Crippen molar-refractivity contribution in [1.29, 1.82) is 0 Å². The standard InChI is InChI=1S/C31H33F3N2O2/c32-25-7-3-22(4-8-25)20-38-21-23-13-16-35(17-14-23)19-31(37)36-15-1-2-28(24-5-9-26(33)10-6-24)29-12-11-27(34)18-30(29)36/h3-12,18,23,28H,1-2,13-17,19-21H2. The predicted molar refractivity (Wildman–Crippen MR) is 141 cm³/mol. The van der Waals surface area contributed by atoms with Gasteiger partial charge in [0.25, 0.3) is 0 Å². The first-order chi connectivity index (χ1) is 18.5. The Bertz CT molecular complexity index is 1220. The van der Waals surface area contributed by atoms with Crippen LogP contribution in [0.1, 0.15) is 48.3 Å². The van der Waals surface area contributed by atoms with Crippen LogP contribution >= 0.6 is 0 Å². The normalized spacial score (nSPS) is 18.7. The maximum Gasteiger partial charge on any atom is 0.241 e. The highest BCUT2D eigenvalue weighted by atomic mass is 19.1. The summed E-state index contributed by atoms with van der Waals surface area (Å²) in [7, 11) is 0. The lowest BCUT2D eigenvalue weighted by molar-refractivity contribution is -0.120. The maximum absolute atomic E-state index is 14.3. The molecule has 3 aromatic rings. The molecule has 3 aromatic carbocycles. The molecule has 5 rings (SSSR count). The second-order valence-electron chi connectivity index (χ2n) is 10.4. The lowest BCUT2D eigenvalue weighted by atomic mass is 9.87. The lowest BCUT2D eigenvalue weighted by Crippen LogP contribution is -2.44. The number of carbonyl (C=O) groups is 1. The molecular formula is C31H33F3N2O2. The predicted octanol–water partition coefficient (Wildman–Crippen LogP) is 6.29. The number of likely N-dealkylation sites (tertiary alicyclic amines) is 1. The van der Waals surface area contributed by atoms with E-state index in [0.29, 0.717) is 37.9 Å². The van der Waals surface area contributed by atoms with Crippen molar-refractivity contribution < 1.29 is 22.7 Å². The fourth-order valence-electron chi connectivity index (χ4n) is 5.59. The Morgan fingerprint density at radius 3 is 2.18 bits per heavy atom. The highest BCUT2D eigenvalue weighted by molar-refractivity contribution is 5.96. The fraction of sp³-hybridized carbons (Fsp3) is 0.387. The minimum atomic E-state index is -0.372. The Morgan fingerprint density at radius 2 is 1.47 bits per heavy atom. The van der Waals surface area contributed by atoms with Crippen LogP contribution < -0.4 is 4.90 Å². The summed E-state index contributed by atoms with van der Waals surface area (Å²) in [6.07, 6.45) is 3.46. The zero-order chi connectivity index (χ0) is 26.5. The van der Waals surface area contributed by atoms with Crippen LogP contribution in [0.2, 0.25) is 0 Å². The molecule has 1 atom stereocenters. The molecule has 0 bridgehead atoms. The Labute approximate surface area is 222 Å². The van der Waals surface area contributed by atoms with Gasteiger partial charge >= 0.3 is 0 Å². The van der Waals surface area contributed by atoms with E-state index in [9.17, 15) is 18.0 Å². The van der Waals surface area contributed by atoms with E-state index >= 15 is 0 Å². The summed E-state index contributed by atoms with van der Waals surface area (Å²) in [6.45, 7) is 3.53. The van der Waals surface area contributed by atoms with E-state index in [1.807, 2.05) is 0 Å². The molecule has 4 nitrogen and oxygen atoms in total. The summed E-state index contributed by atoms with van der Waals surface area (Å²) >= 11 is 0. The Hall–Kier alpha value is -3.16. The van der Waals surface area contributed by atoms with Gasteiger partial charge in [-0.15, -0.1) is 0 Å². The number of fused-ring (bicyclic) bond motifs is 1. The number of ether oxygens (including phenoxy) is 1. The topological polar surface area (TPSA) is 32.8 Å². The zero-order valence-electron chi connectivity index (χ0n) is 21.4. The first kappa shape index (κ1) is 26.4. The van der Waals surface area contributed by atoms with E-state index in [1.165, 1.54) is 36.4 Å². The molecule has 0 radical (unpaired) electrons. The van der Waals surface area contributed by atoms with Gasteiger partial charge in [-0.2, -0.15) is 0 Å². The number of hydrogen-bond donors (Lipinski definition) is 0. The molecule has 200 valence electrons. The number of carbonyl (C=O) groups excluding carboxylic acids is 1. The maximum atomic E-state index is 14.3. The Morgan fingerprint density at radius 1 is 0.816 bits per heavy atom. The lowest BCUT2D eigenvalue weighted by Gasteiger charge is -2.33. The Kier molecular flexibility index (Phi) is 8.45. The number of anilines is 1. The van der Waals surface area contributed by atoms with Gasteiger partial charge in [-0.25, -0.2) is 13.2 Å². The van der Waals surface area contributed by atoms with Crippen LogP contribution in [-0.4, -0.2) is 43.6 Å². The van der Waals surface area contributed by atoms with Crippen molar-refractivity contribution in [2.24, 2.45) is 5.92 Å². The minimum absolute atomic E-state index is 0.0188. The van der Waals surface area contributed by atoms with Crippen molar-refractivity contribution in [3.05, 3.63) is 101 Å². The second kappa shape index (κ2) is 12.1. The molecular weight excluding hydrogens is 489 g/mol. The van der Waals surface area contributed by atoms with Crippen molar-refractivity contribution in [3.63, 3.8) is 0 Å². The molecule has 0 saturated carbocycles. The van der Waals surface area contributed by atoms with Crippen molar-refractivity contribution >= 4 is 11.6 Å². The number of piperidine rings is 1. The van der Waals surface area contributed by atoms with Crippen LogP contribution in [-0.2, 0) is 16.1 Å². The van der Waals surface area contributed by atoms with Crippen LogP contribution in [0, 0.1) is 23.4 Å². The summed E-state index contributed by atoms with van der Waals surface area (Å²) in [5, 5.41) is 0. The number of amides is 1. The van der Waals surface area contributed by atoms with E-state index in [4.69, 9.17) is 4.74 Å². The summed E-state index contributed by atoms with van der Waals surface area (Å²) in [6, 6.07) is 17.5. The number of benzene rings is 3. The van der Waals surface area contributed by atoms with Gasteiger partial charge in [0.1, 0.15) is 17.5 Å². The summed E-state index contributed by atoms with van der Waals surface area (Å²) in [5.41, 5.74) is 3.44. The summed E-state index contributed by atoms with van der Waals surface area (Å²) < 4.78 is 46.8. The first-order valence-corrected chi connectivity index (χ1v) is 13.4. The molecule has 0 aliphatic carbocycles. The molecule has 2 aliphatic heterocycles. The van der Waals surface area contributed by atoms with Gasteiger partial charge in [-0.1, -0.05) is 30.3 Å². The van der Waals surface area contributed by atoms with Gasteiger partial charge in [-0.05, 0) is 97.8 Å². The molecule has 0 aromatic heterocycles. The van der Waals surface area contributed by atoms with Gasteiger partial charge < -0.3 is 9.64 Å². The highest BCUT2D eigenvalue weighted by Gasteiger charge is 2.30. The van der Waals surface area contributed by atoms with E-state index in [2.05, 4.69) is 4.90 Å². The number of rotatable bonds is 7. The number of nitrogens with zero attached hydrogens (tertiary/aromatic N) is 2. The molecule has 1 amide bonds. The monoisotopic (exact) mass is 522 g/mol. The molecule has 0 N–H and O–H groups in total. The van der Waals surface area contributed by atoms with Gasteiger partial charge in [0.05, 0.1) is 18.8 Å². The highest BCUT2D eigenvalue weighted by Crippen LogP contribution is 2.39. The number of halogens is 3. The third-order valence-corrected chi connectivity index (χ3v) is 7.71. The van der Waals surface area contributed by atoms with E-state index < -0.39 is 0 Å². The molecule has 38 heavy (non-hydrogen) atoms. The minimum Gasteiger partial charge on any atom is -0.376 e. The van der Waals surface area contributed by atoms with Gasteiger partial charge in [0.2, 0.25) is 5.91 Å². The van der Waals surface area contributed by atoms with Crippen LogP contribution in [0.25, 0.3) is 0 Å². The first-order valence-electron chi connectivity index (χ1n) is 13.4. The largest absolute Gasteiger partial charge is 0.376 e. The van der Waals surface area contributed by atoms with Crippen LogP contribution in [0.4, 0.5) is 18.9 Å². The quantitative estimate of drug-likeness (QED) is 0.366. The van der Waals surface area contributed by atoms with Crippen LogP contribution in [0.15, 0.2) is 66.7 Å². The van der Waals surface area contributed by atoms with Crippen molar-refractivity contribution in [2.45, 2.75) is 38.2 Å². The SMILES string of the molecule is O=C(CN1CCC(COCc2ccc(F)cc2)CC1)N1CCCC(c2ccc(F)cc2)c2ccc(F)cc21. The third kappa shape index (κ3) is 6.45. The third-order valence-electron chi connectivity index (χ3n) is 7.71. The molecule has 1 unspecified atom stereocenters. The zero-order valence-corrected chi connectivity index (χ0v) is 21.4. The van der Waals surface area contributed by atoms with Gasteiger partial charge in [0.15, 0.2) is 0 Å². The number of hydrogen-bond acceptors (Lipinski definition) is 3. The molecule has 2 heterocycles. The van der Waals surface area contributed by atoms with E-state index in [0.717, 1.165) is 55.5 Å².